The minimum absolute atomic E-state index is 0.0580. The highest BCUT2D eigenvalue weighted by Crippen LogP contribution is 2.33. The molecular weight excluding hydrogens is 380 g/mol. The number of carbonyl (C=O) groups is 1. The Balaban J connectivity index is 2.06. The highest BCUT2D eigenvalue weighted by molar-refractivity contribution is 6.07. The summed E-state index contributed by atoms with van der Waals surface area (Å²) in [7, 11) is 1.49. The number of nitrogens with one attached hydrogen (secondary N) is 1. The van der Waals surface area contributed by atoms with Crippen LogP contribution < -0.4 is 31.4 Å². The van der Waals surface area contributed by atoms with Gasteiger partial charge in [0.25, 0.3) is 11.5 Å². The second-order valence-electron chi connectivity index (χ2n) is 6.52. The van der Waals surface area contributed by atoms with E-state index in [4.69, 9.17) is 19.9 Å². The molecule has 156 valence electrons. The van der Waals surface area contributed by atoms with Crippen molar-refractivity contribution in [3.8, 4) is 11.5 Å². The van der Waals surface area contributed by atoms with Gasteiger partial charge in [0.05, 0.1) is 6.61 Å². The number of rotatable bonds is 8. The van der Waals surface area contributed by atoms with Crippen LogP contribution in [0.3, 0.4) is 0 Å². The van der Waals surface area contributed by atoms with Gasteiger partial charge in [-0.15, -0.1) is 0 Å². The van der Waals surface area contributed by atoms with E-state index in [9.17, 15) is 14.4 Å². The number of nitrogens with zero attached hydrogens (tertiary/aromatic N) is 2. The number of nitrogens with two attached hydrogens (primary N) is 1. The first-order valence-corrected chi connectivity index (χ1v) is 9.31. The lowest BCUT2D eigenvalue weighted by Crippen LogP contribution is -2.42. The number of ether oxygens (including phenoxy) is 3. The Morgan fingerprint density at radius 1 is 1.31 bits per heavy atom. The maximum Gasteiger partial charge on any atom is 0.330 e. The molecule has 10 nitrogen and oxygen atoms in total. The van der Waals surface area contributed by atoms with Crippen LogP contribution in [0.2, 0.25) is 0 Å². The van der Waals surface area contributed by atoms with Gasteiger partial charge < -0.3 is 19.9 Å². The Morgan fingerprint density at radius 3 is 2.79 bits per heavy atom. The van der Waals surface area contributed by atoms with Crippen LogP contribution in [-0.2, 0) is 11.3 Å². The van der Waals surface area contributed by atoms with E-state index in [0.717, 1.165) is 6.42 Å². The summed E-state index contributed by atoms with van der Waals surface area (Å²) in [6.45, 7) is 2.63. The molecule has 0 spiro atoms. The summed E-state index contributed by atoms with van der Waals surface area (Å²) >= 11 is 0. The van der Waals surface area contributed by atoms with Gasteiger partial charge in [0.1, 0.15) is 5.82 Å². The smallest absolute Gasteiger partial charge is 0.330 e. The van der Waals surface area contributed by atoms with Crippen molar-refractivity contribution in [1.29, 1.82) is 0 Å². The van der Waals surface area contributed by atoms with Crippen LogP contribution in [-0.4, -0.2) is 42.5 Å². The van der Waals surface area contributed by atoms with Crippen LogP contribution in [0, 0.1) is 0 Å². The third-order valence-electron chi connectivity index (χ3n) is 4.60. The molecular formula is C19H24N4O6. The number of unbranched alkanes of at least 4 members (excludes halogenated alkanes) is 1. The molecule has 1 aliphatic rings. The third kappa shape index (κ3) is 4.11. The van der Waals surface area contributed by atoms with Gasteiger partial charge in [-0.2, -0.15) is 0 Å². The molecule has 0 aliphatic carbocycles. The number of hydrogen-bond donors (Lipinski definition) is 2. The maximum absolute atomic E-state index is 13.2. The molecule has 0 saturated heterocycles. The van der Waals surface area contributed by atoms with Crippen molar-refractivity contribution in [3.63, 3.8) is 0 Å². The fraction of sp³-hybridized carbons (Fsp3) is 0.421. The van der Waals surface area contributed by atoms with E-state index in [2.05, 4.69) is 4.98 Å². The summed E-state index contributed by atoms with van der Waals surface area (Å²) in [4.78, 5) is 41.5. The minimum atomic E-state index is -0.731. The number of aromatic amines is 1. The number of benzene rings is 1. The topological polar surface area (TPSA) is 129 Å². The van der Waals surface area contributed by atoms with E-state index in [-0.39, 0.29) is 37.0 Å². The zero-order chi connectivity index (χ0) is 21.0. The second kappa shape index (κ2) is 8.82. The van der Waals surface area contributed by atoms with Crippen LogP contribution in [0.1, 0.15) is 30.1 Å². The largest absolute Gasteiger partial charge is 0.454 e. The zero-order valence-corrected chi connectivity index (χ0v) is 16.4. The summed E-state index contributed by atoms with van der Waals surface area (Å²) in [6, 6.07) is 4.74. The molecule has 1 aromatic carbocycles. The predicted octanol–water partition coefficient (Wildman–Crippen LogP) is 0.941. The van der Waals surface area contributed by atoms with Crippen molar-refractivity contribution in [2.75, 3.05) is 37.7 Å². The monoisotopic (exact) mass is 404 g/mol. The van der Waals surface area contributed by atoms with Crippen molar-refractivity contribution >= 4 is 17.4 Å². The van der Waals surface area contributed by atoms with E-state index < -0.39 is 17.2 Å². The first kappa shape index (κ1) is 20.5. The zero-order valence-electron chi connectivity index (χ0n) is 16.4. The summed E-state index contributed by atoms with van der Waals surface area (Å²) in [6.07, 6.45) is 1.54. The van der Waals surface area contributed by atoms with Crippen LogP contribution in [0.4, 0.5) is 11.5 Å². The Morgan fingerprint density at radius 2 is 2.07 bits per heavy atom. The van der Waals surface area contributed by atoms with Gasteiger partial charge in [-0.05, 0) is 24.6 Å². The number of H-pyrrole nitrogens is 1. The molecule has 1 amide bonds. The van der Waals surface area contributed by atoms with Crippen molar-refractivity contribution in [3.05, 3.63) is 44.6 Å². The van der Waals surface area contributed by atoms with Gasteiger partial charge in [0.15, 0.2) is 17.2 Å². The highest BCUT2D eigenvalue weighted by atomic mass is 16.7. The Kier molecular flexibility index (Phi) is 6.23. The van der Waals surface area contributed by atoms with Crippen molar-refractivity contribution in [1.82, 2.24) is 9.55 Å². The number of hydrogen-bond acceptors (Lipinski definition) is 7. The molecule has 2 heterocycles. The Hall–Kier alpha value is -3.27. The van der Waals surface area contributed by atoms with E-state index in [1.165, 1.54) is 16.6 Å². The Bertz CT molecular complexity index is 1010. The minimum Gasteiger partial charge on any atom is -0.454 e. The first-order chi connectivity index (χ1) is 14.0. The average molecular weight is 404 g/mol. The number of amides is 1. The quantitative estimate of drug-likeness (QED) is 0.670. The van der Waals surface area contributed by atoms with Gasteiger partial charge >= 0.3 is 5.69 Å². The lowest BCUT2D eigenvalue weighted by molar-refractivity contribution is 0.0975. The summed E-state index contributed by atoms with van der Waals surface area (Å²) in [5, 5.41) is 0. The predicted molar refractivity (Wildman–Crippen MR) is 107 cm³/mol. The number of aromatic nitrogens is 2. The van der Waals surface area contributed by atoms with E-state index in [1.54, 1.807) is 18.2 Å². The fourth-order valence-electron chi connectivity index (χ4n) is 3.06. The molecule has 2 aromatic rings. The van der Waals surface area contributed by atoms with Crippen LogP contribution in [0.5, 0.6) is 11.5 Å². The fourth-order valence-corrected chi connectivity index (χ4v) is 3.06. The van der Waals surface area contributed by atoms with Gasteiger partial charge in [0, 0.05) is 25.8 Å². The summed E-state index contributed by atoms with van der Waals surface area (Å²) in [5.74, 6) is 0.448. The number of anilines is 2. The maximum atomic E-state index is 13.2. The Labute approximate surface area is 166 Å². The molecule has 1 aromatic heterocycles. The van der Waals surface area contributed by atoms with Crippen molar-refractivity contribution in [2.45, 2.75) is 26.3 Å². The SMILES string of the molecule is CCCCn1c(N)c(N(CCOC)C(=O)c2ccc3c(c2)OCO3)c(=O)[nH]c1=O. The summed E-state index contributed by atoms with van der Waals surface area (Å²) < 4.78 is 17.0. The van der Waals surface area contributed by atoms with Crippen molar-refractivity contribution in [2.24, 2.45) is 0 Å². The standard InChI is InChI=1S/C19H24N4O6/c1-3-4-7-23-16(20)15(17(24)21-19(23)26)22(8-9-27-2)18(25)12-5-6-13-14(10-12)29-11-28-13/h5-6,10H,3-4,7-9,11,20H2,1-2H3,(H,21,24,26). The lowest BCUT2D eigenvalue weighted by Gasteiger charge is -2.24. The van der Waals surface area contributed by atoms with Crippen LogP contribution in [0.25, 0.3) is 0 Å². The van der Waals surface area contributed by atoms with Gasteiger partial charge in [-0.25, -0.2) is 4.79 Å². The van der Waals surface area contributed by atoms with Gasteiger partial charge in [0.2, 0.25) is 6.79 Å². The number of carbonyl (C=O) groups excluding carboxylic acids is 1. The van der Waals surface area contributed by atoms with Crippen LogP contribution >= 0.6 is 0 Å². The molecule has 10 heteroatoms. The normalized spacial score (nSPS) is 12.2. The molecule has 29 heavy (non-hydrogen) atoms. The molecule has 1 aliphatic heterocycles. The lowest BCUT2D eigenvalue weighted by atomic mass is 10.1. The van der Waals surface area contributed by atoms with E-state index in [1.807, 2.05) is 6.92 Å². The number of methoxy groups -OCH3 is 1. The molecule has 0 atom stereocenters. The van der Waals surface area contributed by atoms with Gasteiger partial charge in [-0.3, -0.25) is 24.0 Å². The summed E-state index contributed by atoms with van der Waals surface area (Å²) in [5.41, 5.74) is 5.04. The molecule has 3 N–H and O–H groups in total. The molecule has 0 unspecified atom stereocenters. The molecule has 0 fully saturated rings. The first-order valence-electron chi connectivity index (χ1n) is 9.31. The van der Waals surface area contributed by atoms with Gasteiger partial charge in [-0.1, -0.05) is 13.3 Å². The number of fused-ring (bicyclic) bond motifs is 1. The molecule has 0 bridgehead atoms. The third-order valence-corrected chi connectivity index (χ3v) is 4.60. The van der Waals surface area contributed by atoms with Crippen LogP contribution in [0.15, 0.2) is 27.8 Å². The highest BCUT2D eigenvalue weighted by Gasteiger charge is 2.26. The molecule has 3 rings (SSSR count). The molecule has 0 saturated carbocycles. The average Bonchev–Trinajstić information content (AvgIpc) is 3.17. The molecule has 0 radical (unpaired) electrons. The second-order valence-corrected chi connectivity index (χ2v) is 6.52. The van der Waals surface area contributed by atoms with E-state index in [0.29, 0.717) is 24.5 Å². The van der Waals surface area contributed by atoms with Crippen molar-refractivity contribution < 1.29 is 19.0 Å². The number of nitrogen functional groups attached to an aromatic ring is 1. The van der Waals surface area contributed by atoms with E-state index >= 15 is 0 Å².